The van der Waals surface area contributed by atoms with Gasteiger partial charge < -0.3 is 10.1 Å². The number of rotatable bonds is 4. The van der Waals surface area contributed by atoms with Crippen molar-refractivity contribution in [2.45, 2.75) is 4.90 Å². The molecule has 0 bridgehead atoms. The monoisotopic (exact) mass is 281 g/mol. The number of anilines is 1. The lowest BCUT2D eigenvalue weighted by Gasteiger charge is -2.25. The Labute approximate surface area is 112 Å². The molecular weight excluding hydrogens is 266 g/mol. The van der Waals surface area contributed by atoms with E-state index in [1.54, 1.807) is 6.07 Å². The molecule has 1 aromatic rings. The summed E-state index contributed by atoms with van der Waals surface area (Å²) in [5.41, 5.74) is 0. The zero-order chi connectivity index (χ0) is 13.7. The maximum Gasteiger partial charge on any atom is 0.244 e. The van der Waals surface area contributed by atoms with E-state index >= 15 is 0 Å². The molecule has 0 atom stereocenters. The number of nitrogens with zero attached hydrogens (tertiary/aromatic N) is 2. The Morgan fingerprint density at radius 1 is 1.42 bits per heavy atom. The van der Waals surface area contributed by atoms with Crippen LogP contribution < -0.4 is 5.32 Å². The van der Waals surface area contributed by atoms with E-state index in [2.05, 4.69) is 16.2 Å². The van der Waals surface area contributed by atoms with Crippen LogP contribution in [0.3, 0.4) is 0 Å². The van der Waals surface area contributed by atoms with Gasteiger partial charge in [0, 0.05) is 19.3 Å². The van der Waals surface area contributed by atoms with Gasteiger partial charge in [0.1, 0.15) is 10.7 Å². The molecule has 0 aliphatic carbocycles. The second-order valence-corrected chi connectivity index (χ2v) is 5.89. The molecule has 1 N–H and O–H groups in total. The molecule has 0 aromatic carbocycles. The van der Waals surface area contributed by atoms with Crippen LogP contribution in [-0.4, -0.2) is 50.6 Å². The highest BCUT2D eigenvalue weighted by molar-refractivity contribution is 7.89. The average molecular weight is 281 g/mol. The maximum absolute atomic E-state index is 12.3. The SMILES string of the molecule is C#CCNc1ccc(S(=O)(=O)N2CCOCC2)cn1. The van der Waals surface area contributed by atoms with E-state index in [0.717, 1.165) is 0 Å². The molecule has 1 fully saturated rings. The lowest BCUT2D eigenvalue weighted by atomic mass is 10.4. The fourth-order valence-corrected chi connectivity index (χ4v) is 3.07. The van der Waals surface area contributed by atoms with Crippen LogP contribution in [0, 0.1) is 12.3 Å². The largest absolute Gasteiger partial charge is 0.379 e. The fourth-order valence-electron chi connectivity index (χ4n) is 1.72. The Morgan fingerprint density at radius 2 is 2.16 bits per heavy atom. The Hall–Kier alpha value is -1.62. The molecule has 0 saturated carbocycles. The first-order chi connectivity index (χ1) is 9.14. The topological polar surface area (TPSA) is 71.5 Å². The van der Waals surface area contributed by atoms with Gasteiger partial charge in [-0.15, -0.1) is 6.42 Å². The minimum atomic E-state index is -3.48. The first kappa shape index (κ1) is 13.8. The zero-order valence-corrected chi connectivity index (χ0v) is 11.2. The highest BCUT2D eigenvalue weighted by Crippen LogP contribution is 2.17. The van der Waals surface area contributed by atoms with Gasteiger partial charge >= 0.3 is 0 Å². The number of pyridine rings is 1. The van der Waals surface area contributed by atoms with Crippen molar-refractivity contribution in [1.29, 1.82) is 0 Å². The third kappa shape index (κ3) is 3.23. The predicted octanol–water partition coefficient (Wildman–Crippen LogP) is 0.148. The molecule has 0 spiro atoms. The molecule has 0 amide bonds. The number of terminal acetylenes is 1. The Bertz CT molecular complexity index is 557. The molecule has 1 saturated heterocycles. The highest BCUT2D eigenvalue weighted by Gasteiger charge is 2.26. The van der Waals surface area contributed by atoms with Crippen LogP contribution in [-0.2, 0) is 14.8 Å². The van der Waals surface area contributed by atoms with Crippen LogP contribution in [0.5, 0.6) is 0 Å². The van der Waals surface area contributed by atoms with Gasteiger partial charge in [0.15, 0.2) is 0 Å². The third-order valence-electron chi connectivity index (χ3n) is 2.72. The van der Waals surface area contributed by atoms with E-state index in [9.17, 15) is 8.42 Å². The van der Waals surface area contributed by atoms with Gasteiger partial charge in [-0.05, 0) is 12.1 Å². The molecule has 19 heavy (non-hydrogen) atoms. The van der Waals surface area contributed by atoms with Crippen molar-refractivity contribution in [3.05, 3.63) is 18.3 Å². The van der Waals surface area contributed by atoms with E-state index in [4.69, 9.17) is 11.2 Å². The zero-order valence-electron chi connectivity index (χ0n) is 10.4. The number of aromatic nitrogens is 1. The smallest absolute Gasteiger partial charge is 0.244 e. The minimum Gasteiger partial charge on any atom is -0.379 e. The first-order valence-corrected chi connectivity index (χ1v) is 7.30. The van der Waals surface area contributed by atoms with Gasteiger partial charge in [0.2, 0.25) is 10.0 Å². The normalized spacial score (nSPS) is 16.8. The van der Waals surface area contributed by atoms with Gasteiger partial charge in [0.25, 0.3) is 0 Å². The fraction of sp³-hybridized carbons (Fsp3) is 0.417. The van der Waals surface area contributed by atoms with Crippen LogP contribution in [0.4, 0.5) is 5.82 Å². The molecule has 102 valence electrons. The van der Waals surface area contributed by atoms with E-state index in [1.807, 2.05) is 0 Å². The molecule has 6 nitrogen and oxygen atoms in total. The van der Waals surface area contributed by atoms with Crippen LogP contribution in [0.1, 0.15) is 0 Å². The maximum atomic E-state index is 12.3. The van der Waals surface area contributed by atoms with Crippen LogP contribution in [0.2, 0.25) is 0 Å². The van der Waals surface area contributed by atoms with Gasteiger partial charge in [-0.2, -0.15) is 4.31 Å². The molecule has 2 heterocycles. The summed E-state index contributed by atoms with van der Waals surface area (Å²) >= 11 is 0. The summed E-state index contributed by atoms with van der Waals surface area (Å²) in [4.78, 5) is 4.21. The summed E-state index contributed by atoms with van der Waals surface area (Å²) in [6, 6.07) is 3.13. The third-order valence-corrected chi connectivity index (χ3v) is 4.60. The van der Waals surface area contributed by atoms with Crippen molar-refractivity contribution >= 4 is 15.8 Å². The van der Waals surface area contributed by atoms with Crippen molar-refractivity contribution in [3.8, 4) is 12.3 Å². The van der Waals surface area contributed by atoms with Crippen molar-refractivity contribution in [1.82, 2.24) is 9.29 Å². The number of hydrogen-bond donors (Lipinski definition) is 1. The molecule has 0 radical (unpaired) electrons. The summed E-state index contributed by atoms with van der Waals surface area (Å²) in [5, 5.41) is 2.88. The van der Waals surface area contributed by atoms with Gasteiger partial charge in [0.05, 0.1) is 19.8 Å². The molecule has 1 aliphatic heterocycles. The highest BCUT2D eigenvalue weighted by atomic mass is 32.2. The number of morpholine rings is 1. The number of sulfonamides is 1. The first-order valence-electron chi connectivity index (χ1n) is 5.86. The number of hydrogen-bond acceptors (Lipinski definition) is 5. The summed E-state index contributed by atoms with van der Waals surface area (Å²) < 4.78 is 31.1. The van der Waals surface area contributed by atoms with E-state index in [1.165, 1.54) is 16.6 Å². The number of ether oxygens (including phenoxy) is 1. The standard InChI is InChI=1S/C12H15N3O3S/c1-2-5-13-12-4-3-11(10-14-12)19(16,17)15-6-8-18-9-7-15/h1,3-4,10H,5-9H2,(H,13,14). The van der Waals surface area contributed by atoms with Crippen LogP contribution in [0.25, 0.3) is 0 Å². The van der Waals surface area contributed by atoms with Gasteiger partial charge in [-0.3, -0.25) is 0 Å². The minimum absolute atomic E-state index is 0.181. The summed E-state index contributed by atoms with van der Waals surface area (Å²) in [6.45, 7) is 1.95. The van der Waals surface area contributed by atoms with Crippen molar-refractivity contribution in [2.24, 2.45) is 0 Å². The van der Waals surface area contributed by atoms with E-state index in [-0.39, 0.29) is 4.90 Å². The van der Waals surface area contributed by atoms with Crippen LogP contribution >= 0.6 is 0 Å². The Kier molecular flexibility index (Phi) is 4.37. The molecule has 0 unspecified atom stereocenters. The lowest BCUT2D eigenvalue weighted by Crippen LogP contribution is -2.40. The Balaban J connectivity index is 2.14. The predicted molar refractivity (Wildman–Crippen MR) is 71.1 cm³/mol. The molecule has 1 aliphatic rings. The van der Waals surface area contributed by atoms with Crippen LogP contribution in [0.15, 0.2) is 23.2 Å². The lowest BCUT2D eigenvalue weighted by molar-refractivity contribution is 0.0730. The second kappa shape index (κ2) is 6.02. The van der Waals surface area contributed by atoms with Gasteiger partial charge in [-0.25, -0.2) is 13.4 Å². The van der Waals surface area contributed by atoms with E-state index in [0.29, 0.717) is 38.7 Å². The second-order valence-electron chi connectivity index (χ2n) is 3.95. The van der Waals surface area contributed by atoms with Gasteiger partial charge in [-0.1, -0.05) is 5.92 Å². The molecular formula is C12H15N3O3S. The molecule has 7 heteroatoms. The number of nitrogens with one attached hydrogen (secondary N) is 1. The summed E-state index contributed by atoms with van der Waals surface area (Å²) in [6.07, 6.45) is 6.46. The van der Waals surface area contributed by atoms with Crippen molar-refractivity contribution < 1.29 is 13.2 Å². The molecule has 1 aromatic heterocycles. The Morgan fingerprint density at radius 3 is 2.74 bits per heavy atom. The quantitative estimate of drug-likeness (QED) is 0.795. The van der Waals surface area contributed by atoms with Crippen molar-refractivity contribution in [2.75, 3.05) is 38.2 Å². The van der Waals surface area contributed by atoms with Crippen molar-refractivity contribution in [3.63, 3.8) is 0 Å². The molecule has 2 rings (SSSR count). The van der Waals surface area contributed by atoms with E-state index < -0.39 is 10.0 Å². The summed E-state index contributed by atoms with van der Waals surface area (Å²) in [7, 11) is -3.48. The average Bonchev–Trinajstić information content (AvgIpc) is 2.46. The summed E-state index contributed by atoms with van der Waals surface area (Å²) in [5.74, 6) is 2.98.